The first-order chi connectivity index (χ1) is 13.4. The molecule has 0 heterocycles. The van der Waals surface area contributed by atoms with Crippen LogP contribution in [-0.2, 0) is 13.9 Å². The number of rotatable bonds is 19. The lowest BCUT2D eigenvalue weighted by atomic mass is 10.1. The third-order valence-corrected chi connectivity index (χ3v) is 4.99. The Balaban J connectivity index is 3.53. The van der Waals surface area contributed by atoms with Crippen molar-refractivity contribution in [2.24, 2.45) is 5.73 Å². The second-order valence-electron chi connectivity index (χ2n) is 7.27. The normalized spacial score (nSPS) is 13.1. The molecular formula is C20H41N2O5P. The molecule has 1 amide bonds. The van der Waals surface area contributed by atoms with Crippen LogP contribution in [0.2, 0.25) is 0 Å². The highest BCUT2D eigenvalue weighted by molar-refractivity contribution is 7.46. The Morgan fingerprint density at radius 1 is 1.00 bits per heavy atom. The molecule has 0 saturated heterocycles. The predicted molar refractivity (Wildman–Crippen MR) is 114 cm³/mol. The van der Waals surface area contributed by atoms with Gasteiger partial charge in [0.15, 0.2) is 0 Å². The molecule has 0 aromatic heterocycles. The molecule has 1 atom stereocenters. The Kier molecular flexibility index (Phi) is 17.8. The van der Waals surface area contributed by atoms with E-state index in [1.807, 2.05) is 0 Å². The molecule has 0 spiro atoms. The number of nitrogens with one attached hydrogen (secondary N) is 1. The van der Waals surface area contributed by atoms with Gasteiger partial charge in [0.05, 0.1) is 12.6 Å². The maximum Gasteiger partial charge on any atom is 0.469 e. The van der Waals surface area contributed by atoms with Gasteiger partial charge in [-0.15, -0.1) is 0 Å². The fourth-order valence-corrected chi connectivity index (χ4v) is 3.21. The SMILES string of the molecule is CCCCCCCC/C=C\CCCCCCC(=O)N[C@H](CN)COP(=O)(O)O. The summed E-state index contributed by atoms with van der Waals surface area (Å²) in [5.41, 5.74) is 5.48. The molecule has 0 aliphatic carbocycles. The lowest BCUT2D eigenvalue weighted by molar-refractivity contribution is -0.122. The Morgan fingerprint density at radius 3 is 2.07 bits per heavy atom. The Morgan fingerprint density at radius 2 is 1.54 bits per heavy atom. The largest absolute Gasteiger partial charge is 0.469 e. The van der Waals surface area contributed by atoms with E-state index >= 15 is 0 Å². The van der Waals surface area contributed by atoms with Crippen molar-refractivity contribution in [2.75, 3.05) is 13.2 Å². The van der Waals surface area contributed by atoms with Crippen LogP contribution >= 0.6 is 7.82 Å². The summed E-state index contributed by atoms with van der Waals surface area (Å²) in [6, 6.07) is -0.586. The van der Waals surface area contributed by atoms with Crippen LogP contribution in [0.25, 0.3) is 0 Å². The Hall–Kier alpha value is -0.720. The average molecular weight is 421 g/mol. The fourth-order valence-electron chi connectivity index (χ4n) is 2.84. The molecule has 0 aromatic carbocycles. The minimum atomic E-state index is -4.54. The van der Waals surface area contributed by atoms with Gasteiger partial charge in [0.2, 0.25) is 5.91 Å². The maximum atomic E-state index is 11.8. The van der Waals surface area contributed by atoms with Crippen LogP contribution in [0.15, 0.2) is 12.2 Å². The van der Waals surface area contributed by atoms with Crippen LogP contribution in [-0.4, -0.2) is 34.9 Å². The van der Waals surface area contributed by atoms with E-state index in [2.05, 4.69) is 28.9 Å². The molecule has 0 saturated carbocycles. The van der Waals surface area contributed by atoms with Gasteiger partial charge in [-0.25, -0.2) is 4.57 Å². The number of phosphoric acid groups is 1. The van der Waals surface area contributed by atoms with E-state index in [1.54, 1.807) is 0 Å². The number of hydrogen-bond donors (Lipinski definition) is 4. The highest BCUT2D eigenvalue weighted by Crippen LogP contribution is 2.35. The molecule has 0 bridgehead atoms. The van der Waals surface area contributed by atoms with Gasteiger partial charge in [-0.2, -0.15) is 0 Å². The summed E-state index contributed by atoms with van der Waals surface area (Å²) in [4.78, 5) is 29.2. The van der Waals surface area contributed by atoms with E-state index in [0.717, 1.165) is 32.1 Å². The molecule has 0 aliphatic heterocycles. The van der Waals surface area contributed by atoms with E-state index in [9.17, 15) is 9.36 Å². The molecule has 7 nitrogen and oxygen atoms in total. The van der Waals surface area contributed by atoms with E-state index in [4.69, 9.17) is 15.5 Å². The average Bonchev–Trinajstić information content (AvgIpc) is 2.64. The molecule has 0 fully saturated rings. The molecule has 28 heavy (non-hydrogen) atoms. The summed E-state index contributed by atoms with van der Waals surface area (Å²) in [5, 5.41) is 2.64. The summed E-state index contributed by atoms with van der Waals surface area (Å²) < 4.78 is 15.0. The first-order valence-electron chi connectivity index (χ1n) is 10.7. The number of allylic oxidation sites excluding steroid dienone is 2. The van der Waals surface area contributed by atoms with Crippen molar-refractivity contribution in [3.05, 3.63) is 12.2 Å². The van der Waals surface area contributed by atoms with Crippen LogP contribution < -0.4 is 11.1 Å². The highest BCUT2D eigenvalue weighted by Gasteiger charge is 2.18. The van der Waals surface area contributed by atoms with Crippen molar-refractivity contribution < 1.29 is 23.7 Å². The fraction of sp³-hybridized carbons (Fsp3) is 0.850. The Bertz CT molecular complexity index is 454. The molecule has 166 valence electrons. The third-order valence-electron chi connectivity index (χ3n) is 4.51. The van der Waals surface area contributed by atoms with Gasteiger partial charge in [-0.3, -0.25) is 9.32 Å². The quantitative estimate of drug-likeness (QED) is 0.141. The molecular weight excluding hydrogens is 379 g/mol. The molecule has 0 aliphatic rings. The van der Waals surface area contributed by atoms with Crippen molar-refractivity contribution in [2.45, 2.75) is 96.4 Å². The topological polar surface area (TPSA) is 122 Å². The summed E-state index contributed by atoms with van der Waals surface area (Å²) in [6.45, 7) is 2.01. The van der Waals surface area contributed by atoms with E-state index in [-0.39, 0.29) is 19.1 Å². The van der Waals surface area contributed by atoms with Gasteiger partial charge in [0, 0.05) is 13.0 Å². The molecule has 0 rings (SSSR count). The van der Waals surface area contributed by atoms with E-state index < -0.39 is 13.9 Å². The zero-order valence-electron chi connectivity index (χ0n) is 17.5. The molecule has 0 radical (unpaired) electrons. The summed E-state index contributed by atoms with van der Waals surface area (Å²) in [5.74, 6) is -0.163. The number of carbonyl (C=O) groups excluding carboxylic acids is 1. The first-order valence-corrected chi connectivity index (χ1v) is 12.3. The van der Waals surface area contributed by atoms with Gasteiger partial charge in [0.25, 0.3) is 0 Å². The minimum Gasteiger partial charge on any atom is -0.350 e. The number of amides is 1. The monoisotopic (exact) mass is 420 g/mol. The lowest BCUT2D eigenvalue weighted by Crippen LogP contribution is -2.43. The van der Waals surface area contributed by atoms with Crippen molar-refractivity contribution in [3.63, 3.8) is 0 Å². The first kappa shape index (κ1) is 27.3. The van der Waals surface area contributed by atoms with Crippen molar-refractivity contribution in [3.8, 4) is 0 Å². The summed E-state index contributed by atoms with van der Waals surface area (Å²) in [7, 11) is -4.54. The second kappa shape index (κ2) is 18.3. The van der Waals surface area contributed by atoms with Crippen molar-refractivity contribution in [1.82, 2.24) is 5.32 Å². The van der Waals surface area contributed by atoms with Gasteiger partial charge in [0.1, 0.15) is 0 Å². The second-order valence-corrected chi connectivity index (χ2v) is 8.51. The van der Waals surface area contributed by atoms with E-state index in [1.165, 1.54) is 44.9 Å². The number of carbonyl (C=O) groups is 1. The van der Waals surface area contributed by atoms with Crippen LogP contribution in [0, 0.1) is 0 Å². The number of hydrogen-bond acceptors (Lipinski definition) is 4. The minimum absolute atomic E-state index is 0.0663. The van der Waals surface area contributed by atoms with Crippen LogP contribution in [0.5, 0.6) is 0 Å². The molecule has 5 N–H and O–H groups in total. The molecule has 0 unspecified atom stereocenters. The third kappa shape index (κ3) is 20.0. The van der Waals surface area contributed by atoms with Gasteiger partial charge >= 0.3 is 7.82 Å². The maximum absolute atomic E-state index is 11.8. The van der Waals surface area contributed by atoms with Gasteiger partial charge < -0.3 is 20.8 Å². The predicted octanol–water partition coefficient (Wildman–Crippen LogP) is 4.19. The smallest absolute Gasteiger partial charge is 0.350 e. The Labute approximate surface area is 170 Å². The number of unbranched alkanes of at least 4 members (excludes halogenated alkanes) is 10. The van der Waals surface area contributed by atoms with Crippen molar-refractivity contribution in [1.29, 1.82) is 0 Å². The van der Waals surface area contributed by atoms with Crippen molar-refractivity contribution >= 4 is 13.7 Å². The van der Waals surface area contributed by atoms with Gasteiger partial charge in [-0.1, -0.05) is 64.0 Å². The zero-order valence-corrected chi connectivity index (χ0v) is 18.4. The number of phosphoric ester groups is 1. The molecule has 8 heteroatoms. The molecule has 0 aromatic rings. The highest BCUT2D eigenvalue weighted by atomic mass is 31.2. The lowest BCUT2D eigenvalue weighted by Gasteiger charge is -2.17. The van der Waals surface area contributed by atoms with Crippen LogP contribution in [0.4, 0.5) is 0 Å². The van der Waals surface area contributed by atoms with Crippen LogP contribution in [0.3, 0.4) is 0 Å². The van der Waals surface area contributed by atoms with E-state index in [0.29, 0.717) is 6.42 Å². The van der Waals surface area contributed by atoms with Crippen LogP contribution in [0.1, 0.15) is 90.4 Å². The number of nitrogens with two attached hydrogens (primary N) is 1. The standard InChI is InChI=1S/C20H41N2O5P/c1-2-3-4-5-6-7-8-9-10-11-12-13-14-15-16-20(23)22-19(17-21)18-27-28(24,25)26/h9-10,19H,2-8,11-18,21H2,1H3,(H,22,23)(H2,24,25,26)/b10-9-/t19-/m1/s1. The summed E-state index contributed by atoms with van der Waals surface area (Å²) in [6.07, 6.45) is 19.2. The zero-order chi connectivity index (χ0) is 21.1. The van der Waals surface area contributed by atoms with Gasteiger partial charge in [-0.05, 0) is 32.1 Å². The summed E-state index contributed by atoms with van der Waals surface area (Å²) >= 11 is 0.